The maximum Gasteiger partial charge on any atom is 0.135 e. The average Bonchev–Trinajstić information content (AvgIpc) is 2.66. The lowest BCUT2D eigenvalue weighted by Gasteiger charge is -2.14. The maximum atomic E-state index is 14.1. The van der Waals surface area contributed by atoms with Gasteiger partial charge < -0.3 is 5.32 Å². The number of halogens is 4. The molecular formula is C15H10BrClF2N2. The third-order valence-electron chi connectivity index (χ3n) is 3.23. The first-order chi connectivity index (χ1) is 10.1. The largest absolute Gasteiger partial charge is 0.383 e. The molecule has 2 aromatic carbocycles. The van der Waals surface area contributed by atoms with Gasteiger partial charge >= 0.3 is 0 Å². The Kier molecular flexibility index (Phi) is 3.95. The Labute approximate surface area is 134 Å². The molecule has 0 bridgehead atoms. The van der Waals surface area contributed by atoms with Crippen molar-refractivity contribution in [1.29, 1.82) is 0 Å². The van der Waals surface area contributed by atoms with Crippen LogP contribution in [0.2, 0.25) is 5.02 Å². The molecule has 0 unspecified atom stereocenters. The molecule has 2 nitrogen and oxygen atoms in total. The van der Waals surface area contributed by atoms with E-state index >= 15 is 0 Å². The van der Waals surface area contributed by atoms with Crippen LogP contribution in [0.3, 0.4) is 0 Å². The second-order valence-electron chi connectivity index (χ2n) is 4.54. The summed E-state index contributed by atoms with van der Waals surface area (Å²) in [5, 5.41) is 3.55. The highest BCUT2D eigenvalue weighted by Gasteiger charge is 2.24. The van der Waals surface area contributed by atoms with E-state index in [4.69, 9.17) is 11.6 Å². The molecule has 2 aromatic rings. The minimum absolute atomic E-state index is 0.151. The van der Waals surface area contributed by atoms with E-state index in [2.05, 4.69) is 26.2 Å². The zero-order valence-corrected chi connectivity index (χ0v) is 13.1. The second kappa shape index (κ2) is 5.73. The van der Waals surface area contributed by atoms with Gasteiger partial charge in [0.05, 0.1) is 22.8 Å². The van der Waals surface area contributed by atoms with Crippen LogP contribution in [0, 0.1) is 11.6 Å². The fourth-order valence-electron chi connectivity index (χ4n) is 2.29. The Morgan fingerprint density at radius 3 is 2.52 bits per heavy atom. The van der Waals surface area contributed by atoms with Gasteiger partial charge in [-0.1, -0.05) is 17.7 Å². The highest BCUT2D eigenvalue weighted by atomic mass is 79.9. The second-order valence-corrected chi connectivity index (χ2v) is 5.77. The summed E-state index contributed by atoms with van der Waals surface area (Å²) in [6.45, 7) is 0.982. The standard InChI is InChI=1S/C15H10BrClF2N2/c16-8-4-5-11-13(14(8)17)15(21-7-6-20-11)12-9(18)2-1-3-10(12)19/h1-5,20H,6-7H2. The molecule has 1 aliphatic rings. The molecule has 0 radical (unpaired) electrons. The molecule has 3 rings (SSSR count). The summed E-state index contributed by atoms with van der Waals surface area (Å²) in [5.74, 6) is -1.31. The molecule has 1 heterocycles. The minimum Gasteiger partial charge on any atom is -0.383 e. The number of anilines is 1. The summed E-state index contributed by atoms with van der Waals surface area (Å²) in [6.07, 6.45) is 0. The van der Waals surface area contributed by atoms with Crippen LogP contribution < -0.4 is 5.32 Å². The van der Waals surface area contributed by atoms with Crippen molar-refractivity contribution in [3.63, 3.8) is 0 Å². The van der Waals surface area contributed by atoms with E-state index in [1.165, 1.54) is 18.2 Å². The summed E-state index contributed by atoms with van der Waals surface area (Å²) >= 11 is 9.66. The molecule has 0 aromatic heterocycles. The topological polar surface area (TPSA) is 24.4 Å². The summed E-state index contributed by atoms with van der Waals surface area (Å²) in [4.78, 5) is 4.33. The first-order valence-electron chi connectivity index (χ1n) is 6.30. The number of hydrogen-bond donors (Lipinski definition) is 1. The van der Waals surface area contributed by atoms with Crippen LogP contribution in [0.25, 0.3) is 0 Å². The van der Waals surface area contributed by atoms with Crippen LogP contribution in [0.1, 0.15) is 11.1 Å². The van der Waals surface area contributed by atoms with Crippen molar-refractivity contribution in [1.82, 2.24) is 0 Å². The summed E-state index contributed by atoms with van der Waals surface area (Å²) in [7, 11) is 0. The smallest absolute Gasteiger partial charge is 0.135 e. The zero-order chi connectivity index (χ0) is 15.0. The van der Waals surface area contributed by atoms with Gasteiger partial charge in [-0.05, 0) is 40.2 Å². The maximum absolute atomic E-state index is 14.1. The van der Waals surface area contributed by atoms with Gasteiger partial charge in [-0.3, -0.25) is 4.99 Å². The Morgan fingerprint density at radius 1 is 1.10 bits per heavy atom. The van der Waals surface area contributed by atoms with Gasteiger partial charge in [0, 0.05) is 22.3 Å². The normalized spacial score (nSPS) is 14.0. The lowest BCUT2D eigenvalue weighted by atomic mass is 9.99. The molecular weight excluding hydrogens is 362 g/mol. The predicted molar refractivity (Wildman–Crippen MR) is 84.5 cm³/mol. The average molecular weight is 372 g/mol. The quantitative estimate of drug-likeness (QED) is 0.776. The summed E-state index contributed by atoms with van der Waals surface area (Å²) < 4.78 is 28.8. The molecule has 0 saturated heterocycles. The molecule has 1 aliphatic heterocycles. The molecule has 0 spiro atoms. The van der Waals surface area contributed by atoms with Crippen molar-refractivity contribution in [2.45, 2.75) is 0 Å². The van der Waals surface area contributed by atoms with Gasteiger partial charge in [0.1, 0.15) is 11.6 Å². The number of benzene rings is 2. The van der Waals surface area contributed by atoms with Crippen molar-refractivity contribution in [3.05, 3.63) is 62.6 Å². The van der Waals surface area contributed by atoms with E-state index in [0.717, 1.165) is 0 Å². The van der Waals surface area contributed by atoms with Crippen molar-refractivity contribution in [3.8, 4) is 0 Å². The lowest BCUT2D eigenvalue weighted by Crippen LogP contribution is -2.11. The predicted octanol–water partition coefficient (Wildman–Crippen LogP) is 4.64. The Hall–Kier alpha value is -1.46. The monoisotopic (exact) mass is 370 g/mol. The number of aliphatic imine (C=N–C) groups is 1. The number of hydrogen-bond acceptors (Lipinski definition) is 2. The van der Waals surface area contributed by atoms with Crippen molar-refractivity contribution in [2.24, 2.45) is 4.99 Å². The third-order valence-corrected chi connectivity index (χ3v) is 4.51. The van der Waals surface area contributed by atoms with Gasteiger partial charge in [0.15, 0.2) is 0 Å². The van der Waals surface area contributed by atoms with E-state index in [9.17, 15) is 8.78 Å². The first-order valence-corrected chi connectivity index (χ1v) is 7.47. The minimum atomic E-state index is -0.655. The SMILES string of the molecule is Fc1cccc(F)c1C1=NCCNc2ccc(Br)c(Cl)c21. The fraction of sp³-hybridized carbons (Fsp3) is 0.133. The highest BCUT2D eigenvalue weighted by Crippen LogP contribution is 2.35. The number of benzodiazepines with no additional fused rings is 1. The number of nitrogens with zero attached hydrogens (tertiary/aromatic N) is 1. The van der Waals surface area contributed by atoms with Gasteiger partial charge in [-0.15, -0.1) is 0 Å². The fourth-order valence-corrected chi connectivity index (χ4v) is 2.88. The molecule has 0 amide bonds. The van der Waals surface area contributed by atoms with Crippen LogP contribution in [0.5, 0.6) is 0 Å². The highest BCUT2D eigenvalue weighted by molar-refractivity contribution is 9.10. The third kappa shape index (κ3) is 2.56. The van der Waals surface area contributed by atoms with Crippen LogP contribution >= 0.6 is 27.5 Å². The van der Waals surface area contributed by atoms with Crippen LogP contribution in [-0.2, 0) is 0 Å². The van der Waals surface area contributed by atoms with E-state index < -0.39 is 11.6 Å². The summed E-state index contributed by atoms with van der Waals surface area (Å²) in [5.41, 5.74) is 1.30. The van der Waals surface area contributed by atoms with Crippen LogP contribution in [0.4, 0.5) is 14.5 Å². The molecule has 0 fully saturated rings. The molecule has 0 atom stereocenters. The lowest BCUT2D eigenvalue weighted by molar-refractivity contribution is 0.579. The zero-order valence-electron chi connectivity index (χ0n) is 10.8. The molecule has 0 saturated carbocycles. The molecule has 21 heavy (non-hydrogen) atoms. The van der Waals surface area contributed by atoms with Crippen molar-refractivity contribution in [2.75, 3.05) is 18.4 Å². The molecule has 0 aliphatic carbocycles. The van der Waals surface area contributed by atoms with E-state index in [1.807, 2.05) is 6.07 Å². The first kappa shape index (κ1) is 14.5. The molecule has 6 heteroatoms. The van der Waals surface area contributed by atoms with Crippen molar-refractivity contribution >= 4 is 38.9 Å². The number of nitrogens with one attached hydrogen (secondary N) is 1. The van der Waals surface area contributed by atoms with E-state index in [1.54, 1.807) is 6.07 Å². The van der Waals surface area contributed by atoms with Gasteiger partial charge in [-0.2, -0.15) is 0 Å². The van der Waals surface area contributed by atoms with Crippen LogP contribution in [0.15, 0.2) is 39.8 Å². The number of rotatable bonds is 1. The Morgan fingerprint density at radius 2 is 1.81 bits per heavy atom. The molecule has 1 N–H and O–H groups in total. The number of fused-ring (bicyclic) bond motifs is 1. The van der Waals surface area contributed by atoms with E-state index in [0.29, 0.717) is 33.8 Å². The molecule has 108 valence electrons. The Balaban J connectivity index is 2.31. The Bertz CT molecular complexity index is 726. The summed E-state index contributed by atoms with van der Waals surface area (Å²) in [6, 6.07) is 7.35. The van der Waals surface area contributed by atoms with E-state index in [-0.39, 0.29) is 11.3 Å². The van der Waals surface area contributed by atoms with Gasteiger partial charge in [0.2, 0.25) is 0 Å². The van der Waals surface area contributed by atoms with Crippen molar-refractivity contribution < 1.29 is 8.78 Å². The van der Waals surface area contributed by atoms with Gasteiger partial charge in [0.25, 0.3) is 0 Å². The van der Waals surface area contributed by atoms with Crippen LogP contribution in [-0.4, -0.2) is 18.8 Å². The van der Waals surface area contributed by atoms with Gasteiger partial charge in [-0.25, -0.2) is 8.78 Å².